The lowest BCUT2D eigenvalue weighted by Gasteiger charge is -2.17. The standard InChI is InChI=1S/C20H18BrFN2O3/c21-14-5-3-13(4-6-14)18(25)9-10-19(26)23-15-7-8-17(16(22)12-15)24-11-1-2-20(24)27/h3-8,12H,1-2,9-11H2,(H,23,26). The number of halogens is 2. The Morgan fingerprint density at radius 1 is 1.11 bits per heavy atom. The summed E-state index contributed by atoms with van der Waals surface area (Å²) in [5.41, 5.74) is 1.06. The summed E-state index contributed by atoms with van der Waals surface area (Å²) in [6, 6.07) is 11.1. The molecular weight excluding hydrogens is 415 g/mol. The molecule has 0 unspecified atom stereocenters. The Bertz CT molecular complexity index is 883. The second kappa shape index (κ2) is 8.43. The molecule has 0 aliphatic carbocycles. The van der Waals surface area contributed by atoms with Gasteiger partial charge in [-0.25, -0.2) is 4.39 Å². The summed E-state index contributed by atoms with van der Waals surface area (Å²) in [6.07, 6.45) is 1.20. The lowest BCUT2D eigenvalue weighted by atomic mass is 10.1. The number of ketones is 1. The van der Waals surface area contributed by atoms with E-state index in [1.54, 1.807) is 30.3 Å². The van der Waals surface area contributed by atoms with Crippen LogP contribution in [-0.4, -0.2) is 24.1 Å². The topological polar surface area (TPSA) is 66.5 Å². The predicted octanol–water partition coefficient (Wildman–Crippen LogP) is 4.32. The quantitative estimate of drug-likeness (QED) is 0.691. The zero-order chi connectivity index (χ0) is 19.4. The molecule has 2 aromatic carbocycles. The van der Waals surface area contributed by atoms with E-state index < -0.39 is 5.82 Å². The number of Topliss-reactive ketones (excluding diaryl/α,β-unsaturated/α-hetero) is 1. The number of amides is 2. The number of rotatable bonds is 6. The van der Waals surface area contributed by atoms with Crippen LogP contribution in [0.3, 0.4) is 0 Å². The Labute approximate surface area is 164 Å². The number of nitrogens with one attached hydrogen (secondary N) is 1. The zero-order valence-electron chi connectivity index (χ0n) is 14.5. The summed E-state index contributed by atoms with van der Waals surface area (Å²) in [5.74, 6) is -1.16. The summed E-state index contributed by atoms with van der Waals surface area (Å²) in [5, 5.41) is 2.59. The molecule has 5 nitrogen and oxygen atoms in total. The molecule has 0 atom stereocenters. The van der Waals surface area contributed by atoms with Crippen LogP contribution in [0.15, 0.2) is 46.9 Å². The molecule has 1 aliphatic heterocycles. The molecule has 1 fully saturated rings. The normalized spacial score (nSPS) is 13.7. The van der Waals surface area contributed by atoms with E-state index in [1.165, 1.54) is 17.0 Å². The first-order valence-corrected chi connectivity index (χ1v) is 9.42. The van der Waals surface area contributed by atoms with Crippen molar-refractivity contribution < 1.29 is 18.8 Å². The molecule has 1 aliphatic rings. The summed E-state index contributed by atoms with van der Waals surface area (Å²) in [6.45, 7) is 0.500. The van der Waals surface area contributed by atoms with E-state index in [4.69, 9.17) is 0 Å². The lowest BCUT2D eigenvalue weighted by Crippen LogP contribution is -2.24. The van der Waals surface area contributed by atoms with Crippen LogP contribution in [0.5, 0.6) is 0 Å². The second-order valence-corrected chi connectivity index (χ2v) is 7.21. The number of carbonyl (C=O) groups excluding carboxylic acids is 3. The summed E-state index contributed by atoms with van der Waals surface area (Å²) >= 11 is 3.30. The lowest BCUT2D eigenvalue weighted by molar-refractivity contribution is -0.117. The molecule has 1 saturated heterocycles. The van der Waals surface area contributed by atoms with Gasteiger partial charge in [0, 0.05) is 41.5 Å². The Balaban J connectivity index is 1.56. The van der Waals surface area contributed by atoms with Crippen LogP contribution in [0.2, 0.25) is 0 Å². The highest BCUT2D eigenvalue weighted by Crippen LogP contribution is 2.27. The van der Waals surface area contributed by atoms with Gasteiger partial charge in [0.2, 0.25) is 11.8 Å². The van der Waals surface area contributed by atoms with Crippen molar-refractivity contribution in [2.45, 2.75) is 25.7 Å². The molecule has 0 aromatic heterocycles. The van der Waals surface area contributed by atoms with Crippen molar-refractivity contribution in [3.63, 3.8) is 0 Å². The third kappa shape index (κ3) is 4.80. The van der Waals surface area contributed by atoms with Crippen LogP contribution in [0.1, 0.15) is 36.0 Å². The van der Waals surface area contributed by atoms with Crippen molar-refractivity contribution >= 4 is 44.9 Å². The third-order valence-corrected chi connectivity index (χ3v) is 4.87. The fourth-order valence-corrected chi connectivity index (χ4v) is 3.20. The summed E-state index contributed by atoms with van der Waals surface area (Å²) < 4.78 is 15.2. The highest BCUT2D eigenvalue weighted by atomic mass is 79.9. The SMILES string of the molecule is O=C(CCC(=O)c1ccc(Br)cc1)Nc1ccc(N2CCCC2=O)c(F)c1. The van der Waals surface area contributed by atoms with Gasteiger partial charge in [0.15, 0.2) is 5.78 Å². The minimum Gasteiger partial charge on any atom is -0.326 e. The second-order valence-electron chi connectivity index (χ2n) is 6.29. The van der Waals surface area contributed by atoms with Gasteiger partial charge in [0.05, 0.1) is 5.69 Å². The van der Waals surface area contributed by atoms with Gasteiger partial charge in [0.1, 0.15) is 5.82 Å². The zero-order valence-corrected chi connectivity index (χ0v) is 16.1. The maximum Gasteiger partial charge on any atom is 0.227 e. The third-order valence-electron chi connectivity index (χ3n) is 4.34. The average molecular weight is 433 g/mol. The average Bonchev–Trinajstić information content (AvgIpc) is 3.06. The fraction of sp³-hybridized carbons (Fsp3) is 0.250. The van der Waals surface area contributed by atoms with Gasteiger partial charge in [-0.2, -0.15) is 0 Å². The molecule has 2 amide bonds. The van der Waals surface area contributed by atoms with Crippen LogP contribution >= 0.6 is 15.9 Å². The van der Waals surface area contributed by atoms with Crippen molar-refractivity contribution in [3.8, 4) is 0 Å². The van der Waals surface area contributed by atoms with E-state index in [0.717, 1.165) is 4.47 Å². The monoisotopic (exact) mass is 432 g/mol. The molecule has 0 radical (unpaired) electrons. The molecule has 140 valence electrons. The molecule has 7 heteroatoms. The van der Waals surface area contributed by atoms with E-state index in [2.05, 4.69) is 21.2 Å². The highest BCUT2D eigenvalue weighted by Gasteiger charge is 2.24. The summed E-state index contributed by atoms with van der Waals surface area (Å²) in [4.78, 5) is 37.3. The smallest absolute Gasteiger partial charge is 0.227 e. The Morgan fingerprint density at radius 2 is 1.85 bits per heavy atom. The van der Waals surface area contributed by atoms with Gasteiger partial charge >= 0.3 is 0 Å². The van der Waals surface area contributed by atoms with E-state index in [0.29, 0.717) is 30.6 Å². The highest BCUT2D eigenvalue weighted by molar-refractivity contribution is 9.10. The van der Waals surface area contributed by atoms with Crippen molar-refractivity contribution in [1.29, 1.82) is 0 Å². The van der Waals surface area contributed by atoms with Crippen LogP contribution in [-0.2, 0) is 9.59 Å². The minimum atomic E-state index is -0.561. The Kier molecular flexibility index (Phi) is 6.01. The first-order chi connectivity index (χ1) is 12.9. The van der Waals surface area contributed by atoms with Crippen LogP contribution in [0, 0.1) is 5.82 Å². The molecule has 1 N–H and O–H groups in total. The van der Waals surface area contributed by atoms with Gasteiger partial charge in [-0.3, -0.25) is 14.4 Å². The van der Waals surface area contributed by atoms with Crippen molar-refractivity contribution in [2.75, 3.05) is 16.8 Å². The van der Waals surface area contributed by atoms with Crippen molar-refractivity contribution in [3.05, 3.63) is 58.3 Å². The van der Waals surface area contributed by atoms with E-state index >= 15 is 0 Å². The van der Waals surface area contributed by atoms with Crippen LogP contribution < -0.4 is 10.2 Å². The largest absolute Gasteiger partial charge is 0.326 e. The van der Waals surface area contributed by atoms with Gasteiger partial charge in [0.25, 0.3) is 0 Å². The first-order valence-electron chi connectivity index (χ1n) is 8.62. The number of carbonyl (C=O) groups is 3. The maximum absolute atomic E-state index is 14.3. The summed E-state index contributed by atoms with van der Waals surface area (Å²) in [7, 11) is 0. The maximum atomic E-state index is 14.3. The van der Waals surface area contributed by atoms with Gasteiger partial charge < -0.3 is 10.2 Å². The van der Waals surface area contributed by atoms with Crippen LogP contribution in [0.4, 0.5) is 15.8 Å². The van der Waals surface area contributed by atoms with Crippen molar-refractivity contribution in [2.24, 2.45) is 0 Å². The van der Waals surface area contributed by atoms with Crippen molar-refractivity contribution in [1.82, 2.24) is 0 Å². The molecule has 1 heterocycles. The molecule has 3 rings (SSSR count). The van der Waals surface area contributed by atoms with E-state index in [9.17, 15) is 18.8 Å². The van der Waals surface area contributed by atoms with Gasteiger partial charge in [-0.15, -0.1) is 0 Å². The Hall–Kier alpha value is -2.54. The number of hydrogen-bond acceptors (Lipinski definition) is 3. The number of hydrogen-bond donors (Lipinski definition) is 1. The number of anilines is 2. The molecule has 2 aromatic rings. The first kappa shape index (κ1) is 19.2. The fourth-order valence-electron chi connectivity index (χ4n) is 2.94. The minimum absolute atomic E-state index is 0.00286. The van der Waals surface area contributed by atoms with Gasteiger partial charge in [-0.05, 0) is 36.8 Å². The molecule has 0 saturated carbocycles. The van der Waals surface area contributed by atoms with E-state index in [1.807, 2.05) is 0 Å². The van der Waals surface area contributed by atoms with E-state index in [-0.39, 0.29) is 36.1 Å². The van der Waals surface area contributed by atoms with Gasteiger partial charge in [-0.1, -0.05) is 28.1 Å². The Morgan fingerprint density at radius 3 is 2.48 bits per heavy atom. The molecule has 0 spiro atoms. The number of benzene rings is 2. The van der Waals surface area contributed by atoms with Crippen LogP contribution in [0.25, 0.3) is 0 Å². The predicted molar refractivity (Wildman–Crippen MR) is 104 cm³/mol. The molecule has 27 heavy (non-hydrogen) atoms. The molecule has 0 bridgehead atoms. The number of nitrogens with zero attached hydrogens (tertiary/aromatic N) is 1. The molecular formula is C20H18BrFN2O3.